The zero-order valence-electron chi connectivity index (χ0n) is 16.8. The maximum atomic E-state index is 13.1. The summed E-state index contributed by atoms with van der Waals surface area (Å²) >= 11 is 0. The molecule has 1 aliphatic carbocycles. The lowest BCUT2D eigenvalue weighted by molar-refractivity contribution is -0.132. The number of fused-ring (bicyclic) bond motifs is 1. The van der Waals surface area contributed by atoms with Crippen molar-refractivity contribution < 1.29 is 17.8 Å². The molecule has 1 aromatic heterocycles. The molecule has 2 aromatic rings. The molecule has 2 N–H and O–H groups in total. The summed E-state index contributed by atoms with van der Waals surface area (Å²) in [5.74, 6) is -2.11. The number of nitrogens with zero attached hydrogens (tertiary/aromatic N) is 2. The van der Waals surface area contributed by atoms with Crippen molar-refractivity contribution in [2.45, 2.75) is 32.1 Å². The Labute approximate surface area is 129 Å². The van der Waals surface area contributed by atoms with Crippen molar-refractivity contribution >= 4 is 28.2 Å². The van der Waals surface area contributed by atoms with Crippen LogP contribution in [0.3, 0.4) is 0 Å². The van der Waals surface area contributed by atoms with Crippen molar-refractivity contribution in [3.05, 3.63) is 34.3 Å². The van der Waals surface area contributed by atoms with Crippen LogP contribution in [0, 0.1) is 6.88 Å². The highest BCUT2D eigenvalue weighted by atomic mass is 16.2. The van der Waals surface area contributed by atoms with Crippen molar-refractivity contribution in [1.82, 2.24) is 9.55 Å². The number of carbonyl (C=O) groups excluding carboxylic acids is 2. The van der Waals surface area contributed by atoms with E-state index in [4.69, 9.17) is 14.0 Å². The van der Waals surface area contributed by atoms with Gasteiger partial charge in [0.25, 0.3) is 5.56 Å². The lowest BCUT2D eigenvalue weighted by Crippen LogP contribution is -2.36. The van der Waals surface area contributed by atoms with E-state index in [1.54, 1.807) is 0 Å². The fourth-order valence-electron chi connectivity index (χ4n) is 2.27. The highest BCUT2D eigenvalue weighted by Crippen LogP contribution is 2.24. The number of hydrogen-bond acceptors (Lipinski definition) is 5. The van der Waals surface area contributed by atoms with Crippen molar-refractivity contribution in [2.75, 3.05) is 5.73 Å². The zero-order chi connectivity index (χ0) is 20.3. The third kappa shape index (κ3) is 2.12. The van der Waals surface area contributed by atoms with Crippen LogP contribution in [0.4, 0.5) is 5.69 Å². The summed E-state index contributed by atoms with van der Waals surface area (Å²) in [4.78, 5) is 41.1. The zero-order valence-corrected chi connectivity index (χ0v) is 10.8. The standard InChI is InChI=1S/C15H15N3O3/c1-8-17-11-4-2-3-10(16)14(11)15(21)18(8)12-6-5-9(19)7-13(12)20/h2-4,12H,5-7,16H2,1H3/i1D2,2D,3D,6D,12D. The monoisotopic (exact) mass is 291 g/mol. The van der Waals surface area contributed by atoms with E-state index < -0.39 is 61.1 Å². The number of aromatic nitrogens is 2. The topological polar surface area (TPSA) is 95.0 Å². The minimum Gasteiger partial charge on any atom is -0.398 e. The largest absolute Gasteiger partial charge is 0.398 e. The van der Waals surface area contributed by atoms with Gasteiger partial charge in [-0.2, -0.15) is 0 Å². The lowest BCUT2D eigenvalue weighted by atomic mass is 9.92. The third-order valence-electron chi connectivity index (χ3n) is 3.23. The molecule has 2 atom stereocenters. The maximum absolute atomic E-state index is 13.1. The highest BCUT2D eigenvalue weighted by Gasteiger charge is 2.30. The molecular formula is C15H15N3O3. The predicted molar refractivity (Wildman–Crippen MR) is 78.1 cm³/mol. The van der Waals surface area contributed by atoms with E-state index in [0.29, 0.717) is 4.57 Å². The van der Waals surface area contributed by atoms with Gasteiger partial charge in [-0.05, 0) is 25.4 Å². The second kappa shape index (κ2) is 4.80. The van der Waals surface area contributed by atoms with Crippen LogP contribution in [-0.2, 0) is 9.59 Å². The van der Waals surface area contributed by atoms with Crippen LogP contribution in [0.25, 0.3) is 10.9 Å². The number of anilines is 1. The van der Waals surface area contributed by atoms with Crippen molar-refractivity contribution in [2.24, 2.45) is 0 Å². The van der Waals surface area contributed by atoms with Gasteiger partial charge in [0.2, 0.25) is 0 Å². The molecule has 1 aromatic carbocycles. The molecule has 2 unspecified atom stereocenters. The van der Waals surface area contributed by atoms with E-state index in [0.717, 1.165) is 6.07 Å². The second-order valence-electron chi connectivity index (χ2n) is 4.63. The average molecular weight is 291 g/mol. The summed E-state index contributed by atoms with van der Waals surface area (Å²) in [5.41, 5.74) is 4.20. The second-order valence-corrected chi connectivity index (χ2v) is 4.63. The molecule has 21 heavy (non-hydrogen) atoms. The Kier molecular flexibility index (Phi) is 1.84. The number of ketones is 2. The van der Waals surface area contributed by atoms with E-state index in [1.807, 2.05) is 0 Å². The summed E-state index contributed by atoms with van der Waals surface area (Å²) in [5, 5.41) is -0.330. The number of carbonyl (C=O) groups is 2. The van der Waals surface area contributed by atoms with Gasteiger partial charge in [0.1, 0.15) is 11.6 Å². The molecule has 3 rings (SSSR count). The molecule has 0 radical (unpaired) electrons. The van der Waals surface area contributed by atoms with Gasteiger partial charge in [0, 0.05) is 16.2 Å². The molecule has 1 heterocycles. The molecule has 108 valence electrons. The molecule has 1 aliphatic rings. The lowest BCUT2D eigenvalue weighted by Gasteiger charge is -2.24. The van der Waals surface area contributed by atoms with Gasteiger partial charge in [-0.1, -0.05) is 6.04 Å². The van der Waals surface area contributed by atoms with E-state index in [2.05, 4.69) is 4.98 Å². The summed E-state index contributed by atoms with van der Waals surface area (Å²) in [6.45, 7) is -1.88. The van der Waals surface area contributed by atoms with Gasteiger partial charge in [-0.3, -0.25) is 19.0 Å². The number of rotatable bonds is 1. The number of Topliss-reactive ketones (excluding diaryl/α,β-unsaturated/α-hetero) is 2. The molecule has 0 aliphatic heterocycles. The predicted octanol–water partition coefficient (Wildman–Crippen LogP) is 1.15. The number of nitrogen functional groups attached to an aromatic ring is 1. The van der Waals surface area contributed by atoms with Crippen LogP contribution in [-0.4, -0.2) is 21.1 Å². The van der Waals surface area contributed by atoms with Crippen molar-refractivity contribution in [3.8, 4) is 0 Å². The Morgan fingerprint density at radius 2 is 2.38 bits per heavy atom. The Bertz CT molecular complexity index is 1050. The summed E-state index contributed by atoms with van der Waals surface area (Å²) in [7, 11) is 0. The first-order valence-electron chi connectivity index (χ1n) is 9.37. The molecule has 1 saturated carbocycles. The van der Waals surface area contributed by atoms with Crippen molar-refractivity contribution in [3.63, 3.8) is 0 Å². The molecule has 6 nitrogen and oxygen atoms in total. The van der Waals surface area contributed by atoms with Crippen LogP contribution in [0.1, 0.15) is 39.3 Å². The van der Waals surface area contributed by atoms with Crippen LogP contribution in [0.15, 0.2) is 22.9 Å². The van der Waals surface area contributed by atoms with E-state index >= 15 is 0 Å². The Morgan fingerprint density at radius 3 is 3.10 bits per heavy atom. The molecule has 0 bridgehead atoms. The normalized spacial score (nSPS) is 30.4. The number of benzene rings is 1. The summed E-state index contributed by atoms with van der Waals surface area (Å²) in [6, 6.07) is -2.23. The first-order chi connectivity index (χ1) is 12.5. The highest BCUT2D eigenvalue weighted by molar-refractivity contribution is 6.03. The fourth-order valence-corrected chi connectivity index (χ4v) is 2.27. The summed E-state index contributed by atoms with van der Waals surface area (Å²) in [6.07, 6.45) is -2.72. The number of nitrogens with two attached hydrogens (primary N) is 1. The van der Waals surface area contributed by atoms with E-state index in [1.165, 1.54) is 0 Å². The smallest absolute Gasteiger partial charge is 0.264 e. The first kappa shape index (κ1) is 8.07. The van der Waals surface area contributed by atoms with Gasteiger partial charge in [-0.15, -0.1) is 0 Å². The van der Waals surface area contributed by atoms with Crippen LogP contribution >= 0.6 is 0 Å². The molecule has 1 fully saturated rings. The van der Waals surface area contributed by atoms with Gasteiger partial charge in [-0.25, -0.2) is 4.98 Å². The Morgan fingerprint density at radius 1 is 1.57 bits per heavy atom. The van der Waals surface area contributed by atoms with Gasteiger partial charge in [0.15, 0.2) is 5.78 Å². The minimum atomic E-state index is -2.55. The average Bonchev–Trinajstić information content (AvgIpc) is 2.56. The van der Waals surface area contributed by atoms with E-state index in [-0.39, 0.29) is 22.6 Å². The first-order valence-corrected chi connectivity index (χ1v) is 6.14. The molecule has 0 spiro atoms. The van der Waals surface area contributed by atoms with Crippen molar-refractivity contribution in [1.29, 1.82) is 0 Å². The molecule has 0 amide bonds. The quantitative estimate of drug-likeness (QED) is 0.628. The minimum absolute atomic E-state index is 0.140. The number of hydrogen-bond donors (Lipinski definition) is 1. The molecule has 0 saturated heterocycles. The molecular weight excluding hydrogens is 270 g/mol. The van der Waals surface area contributed by atoms with Gasteiger partial charge >= 0.3 is 0 Å². The maximum Gasteiger partial charge on any atom is 0.264 e. The summed E-state index contributed by atoms with van der Waals surface area (Å²) < 4.78 is 47.9. The van der Waals surface area contributed by atoms with Crippen LogP contribution in [0.5, 0.6) is 0 Å². The van der Waals surface area contributed by atoms with Crippen LogP contribution in [0.2, 0.25) is 0 Å². The number of aryl methyl sites for hydroxylation is 1. The van der Waals surface area contributed by atoms with Crippen LogP contribution < -0.4 is 11.3 Å². The Balaban J connectivity index is 2.47. The third-order valence-corrected chi connectivity index (χ3v) is 3.23. The van der Waals surface area contributed by atoms with Gasteiger partial charge < -0.3 is 5.73 Å². The van der Waals surface area contributed by atoms with Gasteiger partial charge in [0.05, 0.1) is 27.5 Å². The fraction of sp³-hybridized carbons (Fsp3) is 0.333. The SMILES string of the molecule is [2H]c1cc2nc(C([2H])[2H])n(C3([2H])C(=O)CC(=O)CC3[2H])c(=O)c2c(N)c1[2H]. The van der Waals surface area contributed by atoms with E-state index in [9.17, 15) is 14.4 Å². The molecule has 6 heteroatoms. The Hall–Kier alpha value is -2.50.